The SMILES string of the molecule is CC(Cc1ccc(F)cc1)C(=O)N(CCC(=O)O)C1CCOCC1. The fourth-order valence-electron chi connectivity index (χ4n) is 3.03. The Balaban J connectivity index is 2.03. The number of rotatable bonds is 7. The number of ether oxygens (including phenoxy) is 1. The Kier molecular flexibility index (Phi) is 6.73. The van der Waals surface area contributed by atoms with Gasteiger partial charge in [-0.3, -0.25) is 9.59 Å². The Labute approximate surface area is 141 Å². The van der Waals surface area contributed by atoms with E-state index in [0.29, 0.717) is 19.6 Å². The fraction of sp³-hybridized carbons (Fsp3) is 0.556. The van der Waals surface area contributed by atoms with Gasteiger partial charge in [0.15, 0.2) is 0 Å². The summed E-state index contributed by atoms with van der Waals surface area (Å²) >= 11 is 0. The van der Waals surface area contributed by atoms with Gasteiger partial charge < -0.3 is 14.7 Å². The Morgan fingerprint density at radius 3 is 2.50 bits per heavy atom. The average molecular weight is 337 g/mol. The van der Waals surface area contributed by atoms with E-state index in [9.17, 15) is 14.0 Å². The van der Waals surface area contributed by atoms with Crippen LogP contribution in [0.3, 0.4) is 0 Å². The largest absolute Gasteiger partial charge is 0.481 e. The number of carboxylic acid groups (broad SMARTS) is 1. The van der Waals surface area contributed by atoms with Crippen molar-refractivity contribution in [2.24, 2.45) is 5.92 Å². The maximum atomic E-state index is 13.0. The van der Waals surface area contributed by atoms with Gasteiger partial charge in [0.05, 0.1) is 6.42 Å². The number of hydrogen-bond donors (Lipinski definition) is 1. The molecule has 0 aliphatic carbocycles. The zero-order valence-corrected chi connectivity index (χ0v) is 13.9. The van der Waals surface area contributed by atoms with E-state index in [0.717, 1.165) is 18.4 Å². The quantitative estimate of drug-likeness (QED) is 0.830. The van der Waals surface area contributed by atoms with Gasteiger partial charge in [0, 0.05) is 31.7 Å². The molecule has 1 aromatic rings. The van der Waals surface area contributed by atoms with Crippen molar-refractivity contribution >= 4 is 11.9 Å². The van der Waals surface area contributed by atoms with Crippen molar-refractivity contribution in [1.82, 2.24) is 4.90 Å². The topological polar surface area (TPSA) is 66.8 Å². The standard InChI is InChI=1S/C18H24FNO4/c1-13(12-14-2-4-15(19)5-3-14)18(23)20(9-6-17(21)22)16-7-10-24-11-8-16/h2-5,13,16H,6-12H2,1H3,(H,21,22). The summed E-state index contributed by atoms with van der Waals surface area (Å²) in [5.41, 5.74) is 0.891. The van der Waals surface area contributed by atoms with E-state index in [1.807, 2.05) is 6.92 Å². The van der Waals surface area contributed by atoms with Crippen molar-refractivity contribution < 1.29 is 23.8 Å². The summed E-state index contributed by atoms with van der Waals surface area (Å²) in [5, 5.41) is 8.94. The van der Waals surface area contributed by atoms with Gasteiger partial charge in [-0.15, -0.1) is 0 Å². The maximum Gasteiger partial charge on any atom is 0.305 e. The number of amides is 1. The molecule has 0 spiro atoms. The van der Waals surface area contributed by atoms with E-state index in [4.69, 9.17) is 9.84 Å². The molecule has 24 heavy (non-hydrogen) atoms. The van der Waals surface area contributed by atoms with Gasteiger partial charge in [-0.2, -0.15) is 0 Å². The molecule has 132 valence electrons. The Bertz CT molecular complexity index is 555. The summed E-state index contributed by atoms with van der Waals surface area (Å²) in [7, 11) is 0. The fourth-order valence-corrected chi connectivity index (χ4v) is 3.03. The van der Waals surface area contributed by atoms with Crippen molar-refractivity contribution in [3.63, 3.8) is 0 Å². The lowest BCUT2D eigenvalue weighted by Crippen LogP contribution is -2.46. The summed E-state index contributed by atoms with van der Waals surface area (Å²) in [6, 6.07) is 6.14. The first kappa shape index (κ1) is 18.4. The lowest BCUT2D eigenvalue weighted by atomic mass is 9.97. The normalized spacial score (nSPS) is 16.6. The van der Waals surface area contributed by atoms with E-state index in [1.165, 1.54) is 12.1 Å². The molecular formula is C18H24FNO4. The number of hydrogen-bond acceptors (Lipinski definition) is 3. The van der Waals surface area contributed by atoms with Crippen LogP contribution in [0, 0.1) is 11.7 Å². The highest BCUT2D eigenvalue weighted by molar-refractivity contribution is 5.79. The molecule has 0 aromatic heterocycles. The second-order valence-electron chi connectivity index (χ2n) is 6.25. The van der Waals surface area contributed by atoms with E-state index in [-0.39, 0.29) is 36.6 Å². The van der Waals surface area contributed by atoms with Gasteiger partial charge in [0.25, 0.3) is 0 Å². The molecule has 1 saturated heterocycles. The summed E-state index contributed by atoms with van der Waals surface area (Å²) in [4.78, 5) is 25.4. The van der Waals surface area contributed by atoms with Crippen LogP contribution in [0.25, 0.3) is 0 Å². The molecule has 1 aromatic carbocycles. The first-order valence-electron chi connectivity index (χ1n) is 8.32. The highest BCUT2D eigenvalue weighted by atomic mass is 19.1. The van der Waals surface area contributed by atoms with Gasteiger partial charge in [-0.05, 0) is 37.0 Å². The third-order valence-electron chi connectivity index (χ3n) is 4.36. The molecule has 0 saturated carbocycles. The highest BCUT2D eigenvalue weighted by Gasteiger charge is 2.29. The first-order valence-corrected chi connectivity index (χ1v) is 8.32. The molecule has 1 heterocycles. The number of carboxylic acids is 1. The second-order valence-corrected chi connectivity index (χ2v) is 6.25. The Morgan fingerprint density at radius 2 is 1.92 bits per heavy atom. The molecule has 6 heteroatoms. The van der Waals surface area contributed by atoms with Crippen molar-refractivity contribution in [2.45, 2.75) is 38.6 Å². The molecule has 0 radical (unpaired) electrons. The molecule has 0 bridgehead atoms. The minimum Gasteiger partial charge on any atom is -0.481 e. The van der Waals surface area contributed by atoms with E-state index >= 15 is 0 Å². The van der Waals surface area contributed by atoms with Crippen LogP contribution in [0.5, 0.6) is 0 Å². The molecule has 2 rings (SSSR count). The average Bonchev–Trinajstić information content (AvgIpc) is 2.57. The highest BCUT2D eigenvalue weighted by Crippen LogP contribution is 2.20. The number of carbonyl (C=O) groups is 2. The van der Waals surface area contributed by atoms with Gasteiger partial charge in [0.1, 0.15) is 5.82 Å². The Morgan fingerprint density at radius 1 is 1.29 bits per heavy atom. The second kappa shape index (κ2) is 8.78. The molecule has 1 N–H and O–H groups in total. The summed E-state index contributed by atoms with van der Waals surface area (Å²) < 4.78 is 18.3. The predicted molar refractivity (Wildman–Crippen MR) is 87.1 cm³/mol. The molecule has 5 nitrogen and oxygen atoms in total. The van der Waals surface area contributed by atoms with Crippen LogP contribution in [0.2, 0.25) is 0 Å². The van der Waals surface area contributed by atoms with Crippen molar-refractivity contribution in [2.75, 3.05) is 19.8 Å². The van der Waals surface area contributed by atoms with Gasteiger partial charge in [-0.25, -0.2) is 4.39 Å². The Hall–Kier alpha value is -1.95. The van der Waals surface area contributed by atoms with Gasteiger partial charge >= 0.3 is 5.97 Å². The van der Waals surface area contributed by atoms with E-state index < -0.39 is 5.97 Å². The zero-order valence-electron chi connectivity index (χ0n) is 13.9. The van der Waals surface area contributed by atoms with Crippen LogP contribution < -0.4 is 0 Å². The lowest BCUT2D eigenvalue weighted by Gasteiger charge is -2.35. The van der Waals surface area contributed by atoms with Crippen LogP contribution in [0.1, 0.15) is 31.7 Å². The van der Waals surface area contributed by atoms with E-state index in [2.05, 4.69) is 0 Å². The van der Waals surface area contributed by atoms with Crippen molar-refractivity contribution in [1.29, 1.82) is 0 Å². The molecule has 1 aliphatic heterocycles. The molecular weight excluding hydrogens is 313 g/mol. The van der Waals surface area contributed by atoms with Crippen LogP contribution in [0.15, 0.2) is 24.3 Å². The molecule has 1 fully saturated rings. The van der Waals surface area contributed by atoms with E-state index in [1.54, 1.807) is 17.0 Å². The summed E-state index contributed by atoms with van der Waals surface area (Å²) in [6.45, 7) is 3.23. The van der Waals surface area contributed by atoms with Crippen molar-refractivity contribution in [3.05, 3.63) is 35.6 Å². The number of carbonyl (C=O) groups excluding carboxylic acids is 1. The number of halogens is 1. The maximum absolute atomic E-state index is 13.0. The van der Waals surface area contributed by atoms with Crippen molar-refractivity contribution in [3.8, 4) is 0 Å². The molecule has 1 atom stereocenters. The number of benzene rings is 1. The number of aliphatic carboxylic acids is 1. The van der Waals surface area contributed by atoms with Gasteiger partial charge in [0.2, 0.25) is 5.91 Å². The molecule has 1 aliphatic rings. The third-order valence-corrected chi connectivity index (χ3v) is 4.36. The minimum atomic E-state index is -0.911. The summed E-state index contributed by atoms with van der Waals surface area (Å²) in [6.07, 6.45) is 1.90. The molecule has 1 amide bonds. The minimum absolute atomic E-state index is 0.0290. The lowest BCUT2D eigenvalue weighted by molar-refractivity contribution is -0.142. The zero-order chi connectivity index (χ0) is 17.5. The third kappa shape index (κ3) is 5.30. The predicted octanol–water partition coefficient (Wildman–Crippen LogP) is 2.49. The first-order chi connectivity index (χ1) is 11.5. The van der Waals surface area contributed by atoms with Crippen LogP contribution in [-0.2, 0) is 20.7 Å². The summed E-state index contributed by atoms with van der Waals surface area (Å²) in [5.74, 6) is -1.55. The molecule has 1 unspecified atom stereocenters. The number of nitrogens with zero attached hydrogens (tertiary/aromatic N) is 1. The van der Waals surface area contributed by atoms with Crippen LogP contribution in [0.4, 0.5) is 4.39 Å². The monoisotopic (exact) mass is 337 g/mol. The van der Waals surface area contributed by atoms with Crippen LogP contribution >= 0.6 is 0 Å². The smallest absolute Gasteiger partial charge is 0.305 e. The van der Waals surface area contributed by atoms with Crippen LogP contribution in [-0.4, -0.2) is 47.7 Å². The van der Waals surface area contributed by atoms with Gasteiger partial charge in [-0.1, -0.05) is 19.1 Å².